The Kier molecular flexibility index (Phi) is 6.85. The molecule has 37 heavy (non-hydrogen) atoms. The molecule has 0 atom stereocenters. The fraction of sp³-hybridized carbons (Fsp3) is 0.0370. The van der Waals surface area contributed by atoms with E-state index >= 15 is 0 Å². The Morgan fingerprint density at radius 3 is 2.49 bits per heavy atom. The van der Waals surface area contributed by atoms with E-state index in [-0.39, 0.29) is 34.8 Å². The molecule has 5 rings (SSSR count). The van der Waals surface area contributed by atoms with Gasteiger partial charge in [-0.1, -0.05) is 53.5 Å². The maximum absolute atomic E-state index is 13.1. The molecule has 2 amide bonds. The molecule has 2 aromatic heterocycles. The van der Waals surface area contributed by atoms with Crippen LogP contribution in [0.15, 0.2) is 85.2 Å². The Hall–Kier alpha value is -4.27. The van der Waals surface area contributed by atoms with Crippen LogP contribution in [0.5, 0.6) is 0 Å². The minimum Gasteiger partial charge on any atom is -0.348 e. The van der Waals surface area contributed by atoms with Crippen LogP contribution in [-0.4, -0.2) is 26.4 Å². The van der Waals surface area contributed by atoms with Gasteiger partial charge in [0.25, 0.3) is 11.8 Å². The molecule has 184 valence electrons. The summed E-state index contributed by atoms with van der Waals surface area (Å²) in [6.07, 6.45) is 3.00. The van der Waals surface area contributed by atoms with Crippen molar-refractivity contribution >= 4 is 46.4 Å². The van der Waals surface area contributed by atoms with Crippen LogP contribution >= 0.6 is 23.2 Å². The third-order valence-corrected chi connectivity index (χ3v) is 6.38. The number of anilines is 1. The fourth-order valence-corrected chi connectivity index (χ4v) is 4.08. The van der Waals surface area contributed by atoms with E-state index in [1.165, 1.54) is 28.9 Å². The number of nitrogens with one attached hydrogen (secondary N) is 2. The number of hydrogen-bond donors (Lipinski definition) is 2. The van der Waals surface area contributed by atoms with E-state index in [4.69, 9.17) is 23.2 Å². The molecule has 0 fully saturated rings. The topological polar surface area (TPSA) is 88.4 Å². The van der Waals surface area contributed by atoms with Crippen LogP contribution in [0.4, 0.5) is 10.1 Å². The highest BCUT2D eigenvalue weighted by Crippen LogP contribution is 2.29. The van der Waals surface area contributed by atoms with Gasteiger partial charge in [-0.2, -0.15) is 5.10 Å². The number of aromatic nitrogens is 3. The number of halogens is 3. The number of fused-ring (bicyclic) bond motifs is 1. The Bertz CT molecular complexity index is 1640. The van der Waals surface area contributed by atoms with Crippen LogP contribution in [0.1, 0.15) is 26.3 Å². The highest BCUT2D eigenvalue weighted by atomic mass is 35.5. The summed E-state index contributed by atoms with van der Waals surface area (Å²) in [5, 5.41) is 10.7. The lowest BCUT2D eigenvalue weighted by Gasteiger charge is -2.13. The molecule has 5 aromatic rings. The molecular weight excluding hydrogens is 516 g/mol. The second kappa shape index (κ2) is 10.4. The van der Waals surface area contributed by atoms with Gasteiger partial charge in [-0.15, -0.1) is 0 Å². The van der Waals surface area contributed by atoms with Crippen molar-refractivity contribution in [2.24, 2.45) is 0 Å². The van der Waals surface area contributed by atoms with Gasteiger partial charge in [0, 0.05) is 23.9 Å². The molecule has 0 bridgehead atoms. The molecule has 10 heteroatoms. The zero-order valence-corrected chi connectivity index (χ0v) is 20.6. The van der Waals surface area contributed by atoms with Crippen molar-refractivity contribution in [1.82, 2.24) is 19.9 Å². The summed E-state index contributed by atoms with van der Waals surface area (Å²) < 4.78 is 14.7. The van der Waals surface area contributed by atoms with Crippen molar-refractivity contribution in [3.8, 4) is 11.3 Å². The quantitative estimate of drug-likeness (QED) is 0.279. The van der Waals surface area contributed by atoms with E-state index in [9.17, 15) is 14.0 Å². The molecule has 2 N–H and O–H groups in total. The van der Waals surface area contributed by atoms with E-state index in [2.05, 4.69) is 20.7 Å². The predicted molar refractivity (Wildman–Crippen MR) is 140 cm³/mol. The molecule has 0 spiro atoms. The van der Waals surface area contributed by atoms with Crippen LogP contribution < -0.4 is 10.6 Å². The van der Waals surface area contributed by atoms with E-state index in [1.807, 2.05) is 12.1 Å². The van der Waals surface area contributed by atoms with Crippen LogP contribution in [0.25, 0.3) is 16.9 Å². The van der Waals surface area contributed by atoms with E-state index in [0.29, 0.717) is 33.2 Å². The van der Waals surface area contributed by atoms with Crippen LogP contribution in [0.3, 0.4) is 0 Å². The molecular formula is C27H18Cl2FN5O2. The number of benzene rings is 3. The first kappa shape index (κ1) is 24.4. The van der Waals surface area contributed by atoms with Gasteiger partial charge >= 0.3 is 0 Å². The largest absolute Gasteiger partial charge is 0.348 e. The highest BCUT2D eigenvalue weighted by molar-refractivity contribution is 6.42. The summed E-state index contributed by atoms with van der Waals surface area (Å²) in [6.45, 7) is 0.222. The number of amides is 2. The SMILES string of the molecule is O=C(Nc1ccccc1-c1ccnc2c(C(=O)NCc3ccc(F)cc3)cnn12)c1ccc(Cl)c(Cl)c1. The van der Waals surface area contributed by atoms with Gasteiger partial charge in [-0.25, -0.2) is 13.9 Å². The van der Waals surface area contributed by atoms with Crippen LogP contribution in [0.2, 0.25) is 10.0 Å². The fourth-order valence-electron chi connectivity index (χ4n) is 3.78. The van der Waals surface area contributed by atoms with Crippen LogP contribution in [-0.2, 0) is 6.54 Å². The van der Waals surface area contributed by atoms with E-state index in [0.717, 1.165) is 5.56 Å². The maximum atomic E-state index is 13.1. The van der Waals surface area contributed by atoms with E-state index < -0.39 is 0 Å². The average molecular weight is 534 g/mol. The third kappa shape index (κ3) is 5.16. The summed E-state index contributed by atoms with van der Waals surface area (Å²) in [5.41, 5.74) is 3.55. The summed E-state index contributed by atoms with van der Waals surface area (Å²) >= 11 is 12.0. The van der Waals surface area contributed by atoms with Gasteiger partial charge in [0.2, 0.25) is 0 Å². The van der Waals surface area contributed by atoms with Crippen molar-refractivity contribution in [3.63, 3.8) is 0 Å². The minimum absolute atomic E-state index is 0.222. The lowest BCUT2D eigenvalue weighted by Crippen LogP contribution is -2.22. The molecule has 3 aromatic carbocycles. The molecule has 0 aliphatic rings. The van der Waals surface area contributed by atoms with Gasteiger partial charge in [-0.3, -0.25) is 9.59 Å². The zero-order valence-electron chi connectivity index (χ0n) is 19.1. The lowest BCUT2D eigenvalue weighted by atomic mass is 10.1. The first-order valence-corrected chi connectivity index (χ1v) is 11.9. The molecule has 7 nitrogen and oxygen atoms in total. The summed E-state index contributed by atoms with van der Waals surface area (Å²) in [7, 11) is 0. The number of carbonyl (C=O) groups is 2. The van der Waals surface area contributed by atoms with Crippen LogP contribution in [0, 0.1) is 5.82 Å². The maximum Gasteiger partial charge on any atom is 0.257 e. The Morgan fingerprint density at radius 2 is 1.70 bits per heavy atom. The molecule has 0 radical (unpaired) electrons. The average Bonchev–Trinajstić information content (AvgIpc) is 3.35. The van der Waals surface area contributed by atoms with Gasteiger partial charge in [-0.05, 0) is 48.0 Å². The monoisotopic (exact) mass is 533 g/mol. The van der Waals surface area contributed by atoms with Crippen molar-refractivity contribution in [1.29, 1.82) is 0 Å². The van der Waals surface area contributed by atoms with Crippen molar-refractivity contribution in [2.45, 2.75) is 6.54 Å². The smallest absolute Gasteiger partial charge is 0.257 e. The molecule has 0 aliphatic carbocycles. The van der Waals surface area contributed by atoms with Crippen molar-refractivity contribution in [3.05, 3.63) is 118 Å². The lowest BCUT2D eigenvalue weighted by molar-refractivity contribution is 0.0951. The zero-order chi connectivity index (χ0) is 25.9. The van der Waals surface area contributed by atoms with Gasteiger partial charge in [0.15, 0.2) is 5.65 Å². The molecule has 0 saturated heterocycles. The summed E-state index contributed by atoms with van der Waals surface area (Å²) in [6, 6.07) is 19.5. The van der Waals surface area contributed by atoms with E-state index in [1.54, 1.807) is 48.7 Å². The second-order valence-electron chi connectivity index (χ2n) is 8.06. The Labute approximate surface area is 220 Å². The number of rotatable bonds is 6. The number of para-hydroxylation sites is 1. The normalized spacial score (nSPS) is 10.9. The predicted octanol–water partition coefficient (Wildman–Crippen LogP) is 6.02. The van der Waals surface area contributed by atoms with Gasteiger partial charge < -0.3 is 10.6 Å². The Morgan fingerprint density at radius 1 is 0.919 bits per heavy atom. The third-order valence-electron chi connectivity index (χ3n) is 5.65. The first-order chi connectivity index (χ1) is 17.9. The molecule has 0 aliphatic heterocycles. The van der Waals surface area contributed by atoms with Gasteiger partial charge in [0.05, 0.1) is 27.6 Å². The number of hydrogen-bond acceptors (Lipinski definition) is 4. The second-order valence-corrected chi connectivity index (χ2v) is 8.88. The Balaban J connectivity index is 1.43. The van der Waals surface area contributed by atoms with Crippen molar-refractivity contribution < 1.29 is 14.0 Å². The number of nitrogens with zero attached hydrogens (tertiary/aromatic N) is 3. The highest BCUT2D eigenvalue weighted by Gasteiger charge is 2.18. The van der Waals surface area contributed by atoms with Gasteiger partial charge in [0.1, 0.15) is 11.4 Å². The summed E-state index contributed by atoms with van der Waals surface area (Å²) in [5.74, 6) is -1.08. The summed E-state index contributed by atoms with van der Waals surface area (Å²) in [4.78, 5) is 30.1. The number of carbonyl (C=O) groups excluding carboxylic acids is 2. The van der Waals surface area contributed by atoms with Crippen molar-refractivity contribution in [2.75, 3.05) is 5.32 Å². The standard InChI is InChI=1S/C27H18Cl2FN5O2/c28-21-10-7-17(13-22(21)29)26(36)34-23-4-2-1-3-19(23)24-11-12-31-25-20(15-33-35(24)25)27(37)32-14-16-5-8-18(30)9-6-16/h1-13,15H,14H2,(H,32,37)(H,34,36). The minimum atomic E-state index is -0.370. The molecule has 2 heterocycles. The molecule has 0 saturated carbocycles. The molecule has 0 unspecified atom stereocenters. The first-order valence-electron chi connectivity index (χ1n) is 11.1.